The summed E-state index contributed by atoms with van der Waals surface area (Å²) in [6.07, 6.45) is -3.57. The summed E-state index contributed by atoms with van der Waals surface area (Å²) in [6, 6.07) is 5.99. The molecule has 0 saturated carbocycles. The largest absolute Gasteiger partial charge is 0.416 e. The first-order valence-corrected chi connectivity index (χ1v) is 7.95. The van der Waals surface area contributed by atoms with Crippen LogP contribution in [0.4, 0.5) is 28.9 Å². The molecule has 7 nitrogen and oxygen atoms in total. The van der Waals surface area contributed by atoms with E-state index in [1.807, 2.05) is 0 Å². The second kappa shape index (κ2) is 8.61. The van der Waals surface area contributed by atoms with Crippen molar-refractivity contribution < 1.29 is 22.5 Å². The molecule has 0 spiro atoms. The van der Waals surface area contributed by atoms with Crippen LogP contribution in [0.5, 0.6) is 0 Å². The summed E-state index contributed by atoms with van der Waals surface area (Å²) in [5, 5.41) is 17.2. The molecular formula is C16H13F4N5O2S. The van der Waals surface area contributed by atoms with Crippen LogP contribution in [0, 0.1) is 15.9 Å². The van der Waals surface area contributed by atoms with Crippen LogP contribution in [-0.4, -0.2) is 16.3 Å². The highest BCUT2D eigenvalue weighted by Crippen LogP contribution is 2.33. The molecule has 0 aliphatic heterocycles. The lowest BCUT2D eigenvalue weighted by atomic mass is 10.1. The summed E-state index contributed by atoms with van der Waals surface area (Å²) in [4.78, 5) is 10.3. The van der Waals surface area contributed by atoms with Crippen molar-refractivity contribution in [3.8, 4) is 0 Å². The first-order valence-electron chi connectivity index (χ1n) is 7.54. The highest BCUT2D eigenvalue weighted by atomic mass is 32.1. The molecule has 0 aliphatic rings. The van der Waals surface area contributed by atoms with Gasteiger partial charge in [-0.15, -0.1) is 0 Å². The van der Waals surface area contributed by atoms with Gasteiger partial charge in [-0.3, -0.25) is 15.5 Å². The number of nitro benzene ring substituents is 1. The number of benzene rings is 2. The van der Waals surface area contributed by atoms with Crippen LogP contribution in [0.1, 0.15) is 16.7 Å². The van der Waals surface area contributed by atoms with E-state index in [1.54, 1.807) is 0 Å². The van der Waals surface area contributed by atoms with Crippen molar-refractivity contribution >= 4 is 34.9 Å². The van der Waals surface area contributed by atoms with E-state index in [9.17, 15) is 27.7 Å². The van der Waals surface area contributed by atoms with Gasteiger partial charge in [0.1, 0.15) is 5.82 Å². The van der Waals surface area contributed by atoms with Crippen molar-refractivity contribution in [2.75, 3.05) is 5.32 Å². The Morgan fingerprint density at radius 1 is 1.29 bits per heavy atom. The second-order valence-electron chi connectivity index (χ2n) is 5.42. The summed E-state index contributed by atoms with van der Waals surface area (Å²) in [6.45, 7) is -0.309. The third-order valence-corrected chi connectivity index (χ3v) is 3.56. The lowest BCUT2D eigenvalue weighted by molar-refractivity contribution is -0.384. The first kappa shape index (κ1) is 21.0. The Morgan fingerprint density at radius 3 is 2.61 bits per heavy atom. The van der Waals surface area contributed by atoms with Gasteiger partial charge in [-0.1, -0.05) is 6.07 Å². The topological polar surface area (TPSA) is 106 Å². The summed E-state index contributed by atoms with van der Waals surface area (Å²) >= 11 is 4.58. The number of hydrogen-bond donors (Lipinski definition) is 3. The Morgan fingerprint density at radius 2 is 2.00 bits per heavy atom. The van der Waals surface area contributed by atoms with Crippen molar-refractivity contribution in [2.45, 2.75) is 12.7 Å². The fourth-order valence-electron chi connectivity index (χ4n) is 2.25. The average molecular weight is 415 g/mol. The zero-order valence-electron chi connectivity index (χ0n) is 14.0. The normalized spacial score (nSPS) is 11.4. The fourth-order valence-corrected chi connectivity index (χ4v) is 2.31. The predicted octanol–water partition coefficient (Wildman–Crippen LogP) is 3.53. The third kappa shape index (κ3) is 5.61. The number of hydrazone groups is 1. The van der Waals surface area contributed by atoms with Crippen LogP contribution < -0.4 is 16.5 Å². The molecular weight excluding hydrogens is 402 g/mol. The standard InChI is InChI=1S/C16H13F4N5O2S/c17-11-2-1-9(13(6-11)16(18,19)20)7-22-14-4-3-12(25(26)27)5-10(14)8-23-24-15(21)28/h1-6,8,22H,7H2,(H3,21,24,28)/b23-8+. The molecule has 0 saturated heterocycles. The quantitative estimate of drug-likeness (QED) is 0.219. The molecule has 12 heteroatoms. The molecule has 0 aromatic heterocycles. The van der Waals surface area contributed by atoms with Crippen LogP contribution in [0.3, 0.4) is 0 Å². The van der Waals surface area contributed by atoms with Gasteiger partial charge >= 0.3 is 6.18 Å². The number of rotatable bonds is 6. The predicted molar refractivity (Wildman–Crippen MR) is 99.3 cm³/mol. The molecule has 4 N–H and O–H groups in total. The summed E-state index contributed by atoms with van der Waals surface area (Å²) in [5.41, 5.74) is 6.39. The Kier molecular flexibility index (Phi) is 6.46. The fraction of sp³-hybridized carbons (Fsp3) is 0.125. The van der Waals surface area contributed by atoms with Gasteiger partial charge in [-0.05, 0) is 36.0 Å². The minimum Gasteiger partial charge on any atom is -0.380 e. The van der Waals surface area contributed by atoms with Gasteiger partial charge in [-0.2, -0.15) is 18.3 Å². The van der Waals surface area contributed by atoms with Gasteiger partial charge in [0.05, 0.1) is 16.7 Å². The second-order valence-corrected chi connectivity index (χ2v) is 5.86. The van der Waals surface area contributed by atoms with Crippen LogP contribution >= 0.6 is 12.2 Å². The number of hydrogen-bond acceptors (Lipinski definition) is 5. The maximum Gasteiger partial charge on any atom is 0.416 e. The third-order valence-electron chi connectivity index (χ3n) is 3.47. The van der Waals surface area contributed by atoms with E-state index in [0.717, 1.165) is 12.1 Å². The number of alkyl halides is 3. The number of nitrogens with two attached hydrogens (primary N) is 1. The molecule has 0 atom stereocenters. The monoisotopic (exact) mass is 415 g/mol. The molecule has 0 amide bonds. The van der Waals surface area contributed by atoms with Crippen molar-refractivity contribution in [2.24, 2.45) is 10.8 Å². The average Bonchev–Trinajstić information content (AvgIpc) is 2.60. The maximum atomic E-state index is 13.2. The van der Waals surface area contributed by atoms with Crippen molar-refractivity contribution in [3.05, 3.63) is 69.0 Å². The van der Waals surface area contributed by atoms with E-state index in [0.29, 0.717) is 6.07 Å². The smallest absolute Gasteiger partial charge is 0.380 e. The zero-order valence-corrected chi connectivity index (χ0v) is 14.8. The highest BCUT2D eigenvalue weighted by molar-refractivity contribution is 7.80. The van der Waals surface area contributed by atoms with E-state index in [-0.39, 0.29) is 34.2 Å². The van der Waals surface area contributed by atoms with Gasteiger partial charge in [0.2, 0.25) is 0 Å². The number of nitro groups is 1. The van der Waals surface area contributed by atoms with Gasteiger partial charge < -0.3 is 11.1 Å². The zero-order chi connectivity index (χ0) is 20.9. The minimum atomic E-state index is -4.74. The maximum absolute atomic E-state index is 13.2. The van der Waals surface area contributed by atoms with Crippen LogP contribution in [0.25, 0.3) is 0 Å². The number of halogens is 4. The molecule has 0 unspecified atom stereocenters. The Labute approximate surface area is 161 Å². The molecule has 2 aromatic carbocycles. The van der Waals surface area contributed by atoms with E-state index in [1.165, 1.54) is 24.4 Å². The first-order chi connectivity index (χ1) is 13.1. The SMILES string of the molecule is NC(=S)N/N=C/c1cc([N+](=O)[O-])ccc1NCc1ccc(F)cc1C(F)(F)F. The summed E-state index contributed by atoms with van der Waals surface area (Å²) < 4.78 is 52.5. The highest BCUT2D eigenvalue weighted by Gasteiger charge is 2.33. The van der Waals surface area contributed by atoms with E-state index in [2.05, 4.69) is 28.1 Å². The van der Waals surface area contributed by atoms with E-state index >= 15 is 0 Å². The molecule has 28 heavy (non-hydrogen) atoms. The van der Waals surface area contributed by atoms with Crippen LogP contribution in [0.15, 0.2) is 41.5 Å². The lowest BCUT2D eigenvalue weighted by Crippen LogP contribution is -2.24. The lowest BCUT2D eigenvalue weighted by Gasteiger charge is -2.15. The Balaban J connectivity index is 2.32. The Bertz CT molecular complexity index is 934. The summed E-state index contributed by atoms with van der Waals surface area (Å²) in [7, 11) is 0. The number of thiocarbonyl (C=S) groups is 1. The van der Waals surface area contributed by atoms with Gasteiger partial charge in [0.15, 0.2) is 5.11 Å². The number of nitrogens with zero attached hydrogens (tertiary/aromatic N) is 2. The molecule has 2 rings (SSSR count). The molecule has 0 bridgehead atoms. The van der Waals surface area contributed by atoms with Crippen LogP contribution in [0.2, 0.25) is 0 Å². The van der Waals surface area contributed by atoms with Crippen LogP contribution in [-0.2, 0) is 12.7 Å². The van der Waals surface area contributed by atoms with Gasteiger partial charge in [0.25, 0.3) is 5.69 Å². The van der Waals surface area contributed by atoms with E-state index < -0.39 is 22.5 Å². The van der Waals surface area contributed by atoms with Crippen molar-refractivity contribution in [1.82, 2.24) is 5.43 Å². The molecule has 0 heterocycles. The molecule has 2 aromatic rings. The van der Waals surface area contributed by atoms with Crippen molar-refractivity contribution in [1.29, 1.82) is 0 Å². The van der Waals surface area contributed by atoms with Gasteiger partial charge in [-0.25, -0.2) is 4.39 Å². The molecule has 0 fully saturated rings. The Hall–Kier alpha value is -3.28. The summed E-state index contributed by atoms with van der Waals surface area (Å²) in [5.74, 6) is -1.01. The molecule has 148 valence electrons. The van der Waals surface area contributed by atoms with E-state index in [4.69, 9.17) is 5.73 Å². The molecule has 0 radical (unpaired) electrons. The number of non-ortho nitro benzene ring substituents is 1. The molecule has 0 aliphatic carbocycles. The minimum absolute atomic E-state index is 0.141. The number of anilines is 1. The van der Waals surface area contributed by atoms with Crippen molar-refractivity contribution in [3.63, 3.8) is 0 Å². The number of nitrogens with one attached hydrogen (secondary N) is 2. The van der Waals surface area contributed by atoms with Gasteiger partial charge in [0, 0.05) is 29.9 Å².